The molecule has 2 aliphatic rings. The summed E-state index contributed by atoms with van der Waals surface area (Å²) >= 11 is 0. The molecule has 2 saturated heterocycles. The Morgan fingerprint density at radius 1 is 1.37 bits per heavy atom. The third kappa shape index (κ3) is 3.35. The molecule has 7 nitrogen and oxygen atoms in total. The summed E-state index contributed by atoms with van der Waals surface area (Å²) in [5, 5.41) is 8.96. The Hall–Kier alpha value is -1.81. The Bertz CT molecular complexity index is 406. The Balaban J connectivity index is 1.81. The molecule has 2 rings (SSSR count). The van der Waals surface area contributed by atoms with Crippen LogP contribution in [0.3, 0.4) is 0 Å². The van der Waals surface area contributed by atoms with Gasteiger partial charge < -0.3 is 15.4 Å². The molecule has 0 saturated carbocycles. The smallest absolute Gasteiger partial charge is 0.404 e. The van der Waals surface area contributed by atoms with E-state index in [1.165, 1.54) is 0 Å². The first-order valence-electron chi connectivity index (χ1n) is 6.47. The Labute approximate surface area is 111 Å². The number of primary amides is 1. The molecule has 104 valence electrons. The van der Waals surface area contributed by atoms with Crippen LogP contribution in [0.1, 0.15) is 19.3 Å². The molecule has 2 heterocycles. The maximum absolute atomic E-state index is 12.1. The van der Waals surface area contributed by atoms with Crippen molar-refractivity contribution in [1.29, 1.82) is 5.26 Å². The minimum Gasteiger partial charge on any atom is -0.445 e. The Morgan fingerprint density at radius 2 is 2.16 bits per heavy atom. The molecule has 19 heavy (non-hydrogen) atoms. The van der Waals surface area contributed by atoms with Crippen LogP contribution in [-0.4, -0.2) is 60.1 Å². The van der Waals surface area contributed by atoms with Gasteiger partial charge in [0.15, 0.2) is 0 Å². The lowest BCUT2D eigenvalue weighted by molar-refractivity contribution is -0.132. The number of rotatable bonds is 3. The zero-order chi connectivity index (χ0) is 13.8. The van der Waals surface area contributed by atoms with Crippen molar-refractivity contribution in [3.8, 4) is 6.07 Å². The lowest BCUT2D eigenvalue weighted by atomic mass is 10.2. The number of nitrogens with two attached hydrogens (primary N) is 1. The lowest BCUT2D eigenvalue weighted by Gasteiger charge is -2.23. The van der Waals surface area contributed by atoms with Gasteiger partial charge in [-0.15, -0.1) is 0 Å². The second kappa shape index (κ2) is 5.89. The van der Waals surface area contributed by atoms with Gasteiger partial charge in [-0.05, 0) is 19.3 Å². The molecule has 0 aliphatic carbocycles. The van der Waals surface area contributed by atoms with Crippen molar-refractivity contribution in [3.05, 3.63) is 0 Å². The summed E-state index contributed by atoms with van der Waals surface area (Å²) in [6.07, 6.45) is 1.34. The highest BCUT2D eigenvalue weighted by Crippen LogP contribution is 2.18. The second-order valence-electron chi connectivity index (χ2n) is 4.96. The van der Waals surface area contributed by atoms with E-state index in [0.29, 0.717) is 26.1 Å². The van der Waals surface area contributed by atoms with Gasteiger partial charge in [-0.25, -0.2) is 4.79 Å². The summed E-state index contributed by atoms with van der Waals surface area (Å²) in [6, 6.07) is 1.87. The van der Waals surface area contributed by atoms with E-state index in [9.17, 15) is 9.59 Å². The molecule has 2 N–H and O–H groups in total. The summed E-state index contributed by atoms with van der Waals surface area (Å²) in [7, 11) is 0. The fourth-order valence-corrected chi connectivity index (χ4v) is 2.68. The molecule has 2 aliphatic heterocycles. The molecule has 2 fully saturated rings. The fraction of sp³-hybridized carbons (Fsp3) is 0.750. The Kier molecular flexibility index (Phi) is 4.22. The van der Waals surface area contributed by atoms with E-state index in [2.05, 4.69) is 6.07 Å². The first kappa shape index (κ1) is 13.6. The van der Waals surface area contributed by atoms with Gasteiger partial charge in [0.1, 0.15) is 12.1 Å². The standard InChI is InChI=1S/C12H18N4O3/c13-6-9-2-1-4-16(9)11(17)8-15-5-3-10(7-15)19-12(14)18/h9-10H,1-5,7-8H2,(H2,14,18). The molecule has 2 atom stereocenters. The van der Waals surface area contributed by atoms with Gasteiger partial charge in [0.25, 0.3) is 0 Å². The average Bonchev–Trinajstić information content (AvgIpc) is 2.96. The van der Waals surface area contributed by atoms with Crippen LogP contribution in [0.2, 0.25) is 0 Å². The van der Waals surface area contributed by atoms with E-state index >= 15 is 0 Å². The first-order valence-corrected chi connectivity index (χ1v) is 6.47. The number of carbonyl (C=O) groups excluding carboxylic acids is 2. The van der Waals surface area contributed by atoms with Crippen LogP contribution in [0.25, 0.3) is 0 Å². The van der Waals surface area contributed by atoms with E-state index in [1.807, 2.05) is 4.90 Å². The molecule has 0 bridgehead atoms. The van der Waals surface area contributed by atoms with Crippen molar-refractivity contribution in [2.45, 2.75) is 31.4 Å². The number of ether oxygens (including phenoxy) is 1. The van der Waals surface area contributed by atoms with Gasteiger partial charge in [-0.3, -0.25) is 9.69 Å². The fourth-order valence-electron chi connectivity index (χ4n) is 2.68. The van der Waals surface area contributed by atoms with Gasteiger partial charge in [0.2, 0.25) is 5.91 Å². The monoisotopic (exact) mass is 266 g/mol. The maximum atomic E-state index is 12.1. The average molecular weight is 266 g/mol. The largest absolute Gasteiger partial charge is 0.445 e. The predicted molar refractivity (Wildman–Crippen MR) is 65.9 cm³/mol. The molecule has 2 amide bonds. The first-order chi connectivity index (χ1) is 9.10. The Morgan fingerprint density at radius 3 is 2.84 bits per heavy atom. The van der Waals surface area contributed by atoms with Crippen molar-refractivity contribution >= 4 is 12.0 Å². The van der Waals surface area contributed by atoms with Crippen LogP contribution in [0.5, 0.6) is 0 Å². The summed E-state index contributed by atoms with van der Waals surface area (Å²) in [5.41, 5.74) is 4.96. The van der Waals surface area contributed by atoms with Gasteiger partial charge in [-0.1, -0.05) is 0 Å². The quantitative estimate of drug-likeness (QED) is 0.754. The van der Waals surface area contributed by atoms with Gasteiger partial charge in [0.05, 0.1) is 12.6 Å². The van der Waals surface area contributed by atoms with Crippen molar-refractivity contribution in [2.24, 2.45) is 5.73 Å². The number of likely N-dealkylation sites (tertiary alicyclic amines) is 2. The summed E-state index contributed by atoms with van der Waals surface area (Å²) in [4.78, 5) is 26.3. The number of hydrogen-bond acceptors (Lipinski definition) is 5. The van der Waals surface area contributed by atoms with Gasteiger partial charge in [-0.2, -0.15) is 5.26 Å². The topological polar surface area (TPSA) is 99.7 Å². The normalized spacial score (nSPS) is 27.2. The van der Waals surface area contributed by atoms with Crippen molar-refractivity contribution < 1.29 is 14.3 Å². The van der Waals surface area contributed by atoms with Crippen molar-refractivity contribution in [1.82, 2.24) is 9.80 Å². The molecule has 0 aromatic heterocycles. The number of hydrogen-bond donors (Lipinski definition) is 1. The molecule has 0 radical (unpaired) electrons. The SMILES string of the molecule is N#CC1CCCN1C(=O)CN1CCC(OC(N)=O)C1. The number of nitrogens with zero attached hydrogens (tertiary/aromatic N) is 3. The summed E-state index contributed by atoms with van der Waals surface area (Å²) in [5.74, 6) is -0.0243. The molecule has 0 spiro atoms. The maximum Gasteiger partial charge on any atom is 0.404 e. The summed E-state index contributed by atoms with van der Waals surface area (Å²) < 4.78 is 4.91. The second-order valence-corrected chi connectivity index (χ2v) is 4.96. The minimum absolute atomic E-state index is 0.0243. The van der Waals surface area contributed by atoms with E-state index in [0.717, 1.165) is 12.8 Å². The van der Waals surface area contributed by atoms with E-state index in [1.54, 1.807) is 4.90 Å². The van der Waals surface area contributed by atoms with Gasteiger partial charge >= 0.3 is 6.09 Å². The third-order valence-corrected chi connectivity index (χ3v) is 3.59. The lowest BCUT2D eigenvalue weighted by Crippen LogP contribution is -2.42. The summed E-state index contributed by atoms with van der Waals surface area (Å²) in [6.45, 7) is 2.16. The molecular weight excluding hydrogens is 248 g/mol. The number of nitriles is 1. The molecular formula is C12H18N4O3. The number of amides is 2. The van der Waals surface area contributed by atoms with E-state index in [4.69, 9.17) is 15.7 Å². The van der Waals surface area contributed by atoms with Crippen LogP contribution in [-0.2, 0) is 9.53 Å². The van der Waals surface area contributed by atoms with E-state index in [-0.39, 0.29) is 24.6 Å². The van der Waals surface area contributed by atoms with Crippen molar-refractivity contribution in [3.63, 3.8) is 0 Å². The molecule has 2 unspecified atom stereocenters. The zero-order valence-electron chi connectivity index (χ0n) is 10.7. The van der Waals surface area contributed by atoms with Crippen LogP contribution < -0.4 is 5.73 Å². The van der Waals surface area contributed by atoms with Crippen LogP contribution in [0.4, 0.5) is 4.79 Å². The number of carbonyl (C=O) groups is 2. The highest BCUT2D eigenvalue weighted by molar-refractivity contribution is 5.79. The minimum atomic E-state index is -0.776. The zero-order valence-corrected chi connectivity index (χ0v) is 10.7. The molecule has 7 heteroatoms. The van der Waals surface area contributed by atoms with Crippen LogP contribution >= 0.6 is 0 Å². The highest BCUT2D eigenvalue weighted by Gasteiger charge is 2.32. The predicted octanol–water partition coefficient (Wildman–Crippen LogP) is -0.329. The molecule has 0 aromatic rings. The van der Waals surface area contributed by atoms with E-state index < -0.39 is 6.09 Å². The van der Waals surface area contributed by atoms with Crippen molar-refractivity contribution in [2.75, 3.05) is 26.2 Å². The molecule has 0 aromatic carbocycles. The van der Waals surface area contributed by atoms with Gasteiger partial charge in [0, 0.05) is 19.6 Å². The van der Waals surface area contributed by atoms with Crippen LogP contribution in [0, 0.1) is 11.3 Å². The third-order valence-electron chi connectivity index (χ3n) is 3.59. The highest BCUT2D eigenvalue weighted by atomic mass is 16.6. The van der Waals surface area contributed by atoms with Crippen LogP contribution in [0.15, 0.2) is 0 Å².